The highest BCUT2D eigenvalue weighted by Crippen LogP contribution is 2.07. The molecule has 0 radical (unpaired) electrons. The third-order valence-electron chi connectivity index (χ3n) is 1.51. The maximum absolute atomic E-state index is 11.1. The van der Waals surface area contributed by atoms with Gasteiger partial charge in [-0.25, -0.2) is 0 Å². The minimum Gasteiger partial charge on any atom is -0.394 e. The van der Waals surface area contributed by atoms with E-state index in [1.807, 2.05) is 0 Å². The molecule has 4 atom stereocenters. The first kappa shape index (κ1) is 13.9. The molecule has 86 valence electrons. The third-order valence-corrected chi connectivity index (χ3v) is 3.09. The van der Waals surface area contributed by atoms with Crippen molar-refractivity contribution in [1.29, 1.82) is 0 Å². The summed E-state index contributed by atoms with van der Waals surface area (Å²) in [6.45, 7) is -1.65. The molecule has 0 amide bonds. The molecule has 0 bridgehead atoms. The van der Waals surface area contributed by atoms with Crippen molar-refractivity contribution in [2.45, 2.75) is 23.1 Å². The molecule has 0 aromatic rings. The first-order valence-corrected chi connectivity index (χ1v) is 5.06. The van der Waals surface area contributed by atoms with Gasteiger partial charge in [0.1, 0.15) is 12.2 Å². The summed E-state index contributed by atoms with van der Waals surface area (Å²) < 4.78 is 11.1. The van der Waals surface area contributed by atoms with E-state index in [4.69, 9.17) is 30.6 Å². The first-order valence-electron chi connectivity index (χ1n) is 3.79. The van der Waals surface area contributed by atoms with Crippen LogP contribution in [-0.4, -0.2) is 71.1 Å². The quantitative estimate of drug-likeness (QED) is 0.274. The molecule has 6 N–H and O–H groups in total. The maximum atomic E-state index is 11.1. The summed E-state index contributed by atoms with van der Waals surface area (Å²) in [6, 6.07) is 0. The van der Waals surface area contributed by atoms with Crippen LogP contribution in [0.5, 0.6) is 0 Å². The Morgan fingerprint density at radius 2 is 1.14 bits per heavy atom. The number of hydrogen-bond acceptors (Lipinski definition) is 7. The Hall–Kier alpha value is -0.0900. The lowest BCUT2D eigenvalue weighted by Gasteiger charge is -2.21. The molecule has 14 heavy (non-hydrogen) atoms. The summed E-state index contributed by atoms with van der Waals surface area (Å²) in [5.74, 6) is 0. The summed E-state index contributed by atoms with van der Waals surface area (Å²) >= 11 is 0. The number of hydrogen-bond donors (Lipinski definition) is 6. The number of aliphatic hydroxyl groups is 6. The van der Waals surface area contributed by atoms with E-state index in [1.54, 1.807) is 0 Å². The molecule has 0 saturated carbocycles. The highest BCUT2D eigenvalue weighted by molar-refractivity contribution is 7.86. The summed E-state index contributed by atoms with van der Waals surface area (Å²) in [5, 5.41) is 52.6. The molecule has 0 fully saturated rings. The van der Waals surface area contributed by atoms with Gasteiger partial charge in [0.15, 0.2) is 10.9 Å². The van der Waals surface area contributed by atoms with Gasteiger partial charge in [-0.05, 0) is 0 Å². The lowest BCUT2D eigenvalue weighted by Crippen LogP contribution is -2.43. The predicted molar refractivity (Wildman–Crippen MR) is 46.3 cm³/mol. The van der Waals surface area contributed by atoms with Crippen molar-refractivity contribution in [2.75, 3.05) is 13.2 Å². The molecular weight excluding hydrogens is 216 g/mol. The Balaban J connectivity index is 4.31. The predicted octanol–water partition coefficient (Wildman–Crippen LogP) is -3.92. The Morgan fingerprint density at radius 3 is 1.36 bits per heavy atom. The highest BCUT2D eigenvalue weighted by Gasteiger charge is 2.31. The molecular formula is C6H14O7S. The third kappa shape index (κ3) is 3.58. The fourth-order valence-corrected chi connectivity index (χ4v) is 1.71. The zero-order valence-corrected chi connectivity index (χ0v) is 8.04. The van der Waals surface area contributed by atoms with E-state index in [-0.39, 0.29) is 0 Å². The van der Waals surface area contributed by atoms with E-state index in [1.165, 1.54) is 0 Å². The monoisotopic (exact) mass is 230 g/mol. The Kier molecular flexibility index (Phi) is 6.36. The van der Waals surface area contributed by atoms with E-state index in [9.17, 15) is 4.21 Å². The van der Waals surface area contributed by atoms with Crippen molar-refractivity contribution < 1.29 is 34.8 Å². The van der Waals surface area contributed by atoms with Gasteiger partial charge in [-0.1, -0.05) is 0 Å². The van der Waals surface area contributed by atoms with Crippen LogP contribution in [0.3, 0.4) is 0 Å². The summed E-state index contributed by atoms with van der Waals surface area (Å²) in [5.41, 5.74) is -3.76. The molecule has 0 heterocycles. The van der Waals surface area contributed by atoms with Crippen molar-refractivity contribution in [1.82, 2.24) is 0 Å². The summed E-state index contributed by atoms with van der Waals surface area (Å²) in [6.07, 6.45) is -3.34. The molecule has 4 unspecified atom stereocenters. The second kappa shape index (κ2) is 6.40. The van der Waals surface area contributed by atoms with Crippen LogP contribution in [0.4, 0.5) is 0 Å². The van der Waals surface area contributed by atoms with E-state index in [0.717, 1.165) is 0 Å². The van der Waals surface area contributed by atoms with E-state index in [0.29, 0.717) is 0 Å². The van der Waals surface area contributed by atoms with Crippen LogP contribution in [0.15, 0.2) is 0 Å². The van der Waals surface area contributed by atoms with Gasteiger partial charge >= 0.3 is 0 Å². The lowest BCUT2D eigenvalue weighted by atomic mass is 10.4. The van der Waals surface area contributed by atoms with Gasteiger partial charge in [0.05, 0.1) is 24.0 Å². The van der Waals surface area contributed by atoms with Crippen molar-refractivity contribution in [2.24, 2.45) is 0 Å². The Morgan fingerprint density at radius 1 is 0.857 bits per heavy atom. The zero-order valence-electron chi connectivity index (χ0n) is 7.22. The van der Waals surface area contributed by atoms with Gasteiger partial charge in [0, 0.05) is 0 Å². The average Bonchev–Trinajstić information content (AvgIpc) is 2.23. The normalized spacial score (nSPS) is 22.4. The van der Waals surface area contributed by atoms with Gasteiger partial charge < -0.3 is 30.6 Å². The average molecular weight is 230 g/mol. The number of aliphatic hydroxyl groups excluding tert-OH is 6. The van der Waals surface area contributed by atoms with Crippen LogP contribution in [0.25, 0.3) is 0 Å². The lowest BCUT2D eigenvalue weighted by molar-refractivity contribution is 0.00953. The first-order chi connectivity index (χ1) is 6.45. The standard InChI is InChI=1S/C6H14O7S/c7-1-3(9)5(11)14(13)6(12)4(10)2-8/h3-12H,1-2H2. The molecule has 0 rings (SSSR count). The van der Waals surface area contributed by atoms with Gasteiger partial charge in [-0.2, -0.15) is 0 Å². The van der Waals surface area contributed by atoms with Gasteiger partial charge in [0.25, 0.3) is 0 Å². The zero-order chi connectivity index (χ0) is 11.3. The summed E-state index contributed by atoms with van der Waals surface area (Å²) in [7, 11) is -2.38. The van der Waals surface area contributed by atoms with Crippen LogP contribution in [0.2, 0.25) is 0 Å². The highest BCUT2D eigenvalue weighted by atomic mass is 32.2. The van der Waals surface area contributed by atoms with Crippen LogP contribution >= 0.6 is 0 Å². The SMILES string of the molecule is O=S(C(O)C(O)CO)C(O)C(O)CO. The van der Waals surface area contributed by atoms with Crippen molar-refractivity contribution >= 4 is 10.8 Å². The molecule has 0 aliphatic heterocycles. The molecule has 8 heteroatoms. The Labute approximate surface area is 82.7 Å². The molecule has 0 aliphatic rings. The van der Waals surface area contributed by atoms with Crippen LogP contribution in [0.1, 0.15) is 0 Å². The van der Waals surface area contributed by atoms with E-state index >= 15 is 0 Å². The minimum atomic E-state index is -2.38. The topological polar surface area (TPSA) is 138 Å². The fourth-order valence-electron chi connectivity index (χ4n) is 0.633. The molecule has 0 aromatic carbocycles. The molecule has 0 aromatic heterocycles. The molecule has 0 aliphatic carbocycles. The van der Waals surface area contributed by atoms with Gasteiger partial charge in [0.2, 0.25) is 0 Å². The molecule has 7 nitrogen and oxygen atoms in total. The molecule has 0 spiro atoms. The van der Waals surface area contributed by atoms with Gasteiger partial charge in [-0.15, -0.1) is 0 Å². The van der Waals surface area contributed by atoms with Crippen molar-refractivity contribution in [3.63, 3.8) is 0 Å². The second-order valence-corrected chi connectivity index (χ2v) is 4.23. The van der Waals surface area contributed by atoms with Crippen LogP contribution < -0.4 is 0 Å². The second-order valence-electron chi connectivity index (χ2n) is 2.61. The van der Waals surface area contributed by atoms with Gasteiger partial charge in [-0.3, -0.25) is 4.21 Å². The minimum absolute atomic E-state index is 0.825. The summed E-state index contributed by atoms with van der Waals surface area (Å²) in [4.78, 5) is 0. The molecule has 0 saturated heterocycles. The fraction of sp³-hybridized carbons (Fsp3) is 1.00. The van der Waals surface area contributed by atoms with Crippen molar-refractivity contribution in [3.05, 3.63) is 0 Å². The van der Waals surface area contributed by atoms with E-state index < -0.39 is 47.1 Å². The van der Waals surface area contributed by atoms with E-state index in [2.05, 4.69) is 0 Å². The maximum Gasteiger partial charge on any atom is 0.159 e. The largest absolute Gasteiger partial charge is 0.394 e. The van der Waals surface area contributed by atoms with Crippen LogP contribution in [0, 0.1) is 0 Å². The Bertz CT molecular complexity index is 169. The number of rotatable bonds is 6. The smallest absolute Gasteiger partial charge is 0.159 e. The van der Waals surface area contributed by atoms with Crippen LogP contribution in [-0.2, 0) is 10.8 Å². The van der Waals surface area contributed by atoms with Crippen molar-refractivity contribution in [3.8, 4) is 0 Å².